The van der Waals surface area contributed by atoms with Crippen LogP contribution in [0.5, 0.6) is 11.5 Å². The molecule has 0 atom stereocenters. The topological polar surface area (TPSA) is 43.7 Å². The highest BCUT2D eigenvalue weighted by Gasteiger charge is 2.27. The van der Waals surface area contributed by atoms with Gasteiger partial charge in [-0.2, -0.15) is 0 Å². The molecule has 2 N–H and O–H groups in total. The molecule has 3 nitrogen and oxygen atoms in total. The average Bonchev–Trinajstić information content (AvgIpc) is 2.60. The van der Waals surface area contributed by atoms with Gasteiger partial charge in [-0.3, -0.25) is 0 Å². The zero-order chi connectivity index (χ0) is 11.9. The van der Waals surface area contributed by atoms with E-state index in [1.54, 1.807) is 12.1 Å². The number of rotatable bonds is 2. The number of likely N-dealkylation sites (N-methyl/N-ethyl adjacent to an activating group) is 1. The van der Waals surface area contributed by atoms with Crippen molar-refractivity contribution in [3.05, 3.63) is 23.3 Å². The van der Waals surface area contributed by atoms with Crippen molar-refractivity contribution in [3.63, 3.8) is 0 Å². The standard InChI is InChI=1S/C13H19NO2.BrH/c1-8(2)14(3)11-4-9-6-12(15)13(16)7-10(9)5-11;/h6-8,11,15-16H,4-5H2,1-3H3;1H. The number of phenolic OH excluding ortho intramolecular Hbond substituents is 2. The minimum atomic E-state index is -0.00778. The molecule has 0 unspecified atom stereocenters. The van der Waals surface area contributed by atoms with Gasteiger partial charge in [-0.15, -0.1) is 17.0 Å². The Bertz CT molecular complexity index is 376. The average molecular weight is 302 g/mol. The van der Waals surface area contributed by atoms with Gasteiger partial charge in [0.1, 0.15) is 0 Å². The summed E-state index contributed by atoms with van der Waals surface area (Å²) in [4.78, 5) is 2.34. The summed E-state index contributed by atoms with van der Waals surface area (Å²) in [6.45, 7) is 4.36. The molecule has 0 bridgehead atoms. The van der Waals surface area contributed by atoms with Gasteiger partial charge in [-0.05, 0) is 57.0 Å². The van der Waals surface area contributed by atoms with E-state index in [4.69, 9.17) is 0 Å². The number of nitrogens with zero attached hydrogens (tertiary/aromatic N) is 1. The lowest BCUT2D eigenvalue weighted by molar-refractivity contribution is 0.201. The van der Waals surface area contributed by atoms with Crippen LogP contribution in [0.25, 0.3) is 0 Å². The van der Waals surface area contributed by atoms with Crippen molar-refractivity contribution in [2.24, 2.45) is 0 Å². The smallest absolute Gasteiger partial charge is 0.157 e. The fourth-order valence-electron chi connectivity index (χ4n) is 2.33. The fourth-order valence-corrected chi connectivity index (χ4v) is 2.33. The molecule has 2 rings (SSSR count). The van der Waals surface area contributed by atoms with Gasteiger partial charge < -0.3 is 15.1 Å². The van der Waals surface area contributed by atoms with Crippen molar-refractivity contribution < 1.29 is 10.2 Å². The number of benzene rings is 1. The lowest BCUT2D eigenvalue weighted by Gasteiger charge is -2.27. The number of hydrogen-bond donors (Lipinski definition) is 2. The molecule has 0 radical (unpaired) electrons. The summed E-state index contributed by atoms with van der Waals surface area (Å²) < 4.78 is 0. The molecule has 0 aliphatic heterocycles. The molecular formula is C13H20BrNO2. The minimum absolute atomic E-state index is 0. The Hall–Kier alpha value is -0.740. The lowest BCUT2D eigenvalue weighted by Crippen LogP contribution is -2.37. The van der Waals surface area contributed by atoms with Gasteiger partial charge in [-0.1, -0.05) is 0 Å². The van der Waals surface area contributed by atoms with Crippen LogP contribution >= 0.6 is 17.0 Å². The molecule has 0 heterocycles. The third-order valence-corrected chi connectivity index (χ3v) is 3.60. The Labute approximate surface area is 113 Å². The first-order valence-electron chi connectivity index (χ1n) is 5.74. The number of aromatic hydroxyl groups is 2. The maximum absolute atomic E-state index is 9.45. The molecular weight excluding hydrogens is 282 g/mol. The van der Waals surface area contributed by atoms with E-state index in [0.29, 0.717) is 12.1 Å². The summed E-state index contributed by atoms with van der Waals surface area (Å²) >= 11 is 0. The highest BCUT2D eigenvalue weighted by atomic mass is 79.9. The van der Waals surface area contributed by atoms with Crippen molar-refractivity contribution >= 4 is 17.0 Å². The van der Waals surface area contributed by atoms with Gasteiger partial charge in [0.25, 0.3) is 0 Å². The Morgan fingerprint density at radius 3 is 1.88 bits per heavy atom. The van der Waals surface area contributed by atoms with Gasteiger partial charge >= 0.3 is 0 Å². The van der Waals surface area contributed by atoms with Gasteiger partial charge in [0.15, 0.2) is 11.5 Å². The normalized spacial score (nSPS) is 15.1. The molecule has 96 valence electrons. The summed E-state index contributed by atoms with van der Waals surface area (Å²) in [5.41, 5.74) is 2.32. The van der Waals surface area contributed by atoms with Gasteiger partial charge in [0.05, 0.1) is 0 Å². The minimum Gasteiger partial charge on any atom is -0.504 e. The van der Waals surface area contributed by atoms with Crippen LogP contribution in [0.4, 0.5) is 0 Å². The second-order valence-electron chi connectivity index (χ2n) is 4.93. The summed E-state index contributed by atoms with van der Waals surface area (Å²) in [6, 6.07) is 4.38. The van der Waals surface area contributed by atoms with Crippen molar-refractivity contribution in [1.29, 1.82) is 0 Å². The summed E-state index contributed by atoms with van der Waals surface area (Å²) in [5.74, 6) is -0.0156. The molecule has 0 amide bonds. The molecule has 1 aliphatic rings. The first-order chi connectivity index (χ1) is 7.49. The molecule has 0 aromatic heterocycles. The van der Waals surface area contributed by atoms with Crippen LogP contribution < -0.4 is 0 Å². The van der Waals surface area contributed by atoms with Crippen LogP contribution in [-0.4, -0.2) is 34.2 Å². The van der Waals surface area contributed by atoms with Crippen LogP contribution in [0.3, 0.4) is 0 Å². The third kappa shape index (κ3) is 2.75. The molecule has 0 saturated heterocycles. The van der Waals surface area contributed by atoms with Crippen LogP contribution in [0.15, 0.2) is 12.1 Å². The van der Waals surface area contributed by atoms with E-state index in [0.717, 1.165) is 24.0 Å². The second-order valence-corrected chi connectivity index (χ2v) is 4.93. The first-order valence-corrected chi connectivity index (χ1v) is 5.74. The maximum atomic E-state index is 9.45. The van der Waals surface area contributed by atoms with E-state index in [1.807, 2.05) is 0 Å². The van der Waals surface area contributed by atoms with Crippen molar-refractivity contribution in [3.8, 4) is 11.5 Å². The predicted molar refractivity (Wildman–Crippen MR) is 74.2 cm³/mol. The zero-order valence-corrected chi connectivity index (χ0v) is 12.2. The highest BCUT2D eigenvalue weighted by molar-refractivity contribution is 8.93. The molecule has 4 heteroatoms. The number of phenols is 2. The van der Waals surface area contributed by atoms with E-state index >= 15 is 0 Å². The largest absolute Gasteiger partial charge is 0.504 e. The van der Waals surface area contributed by atoms with Crippen LogP contribution in [0, 0.1) is 0 Å². The predicted octanol–water partition coefficient (Wildman–Crippen LogP) is 2.48. The number of hydrogen-bond acceptors (Lipinski definition) is 3. The van der Waals surface area contributed by atoms with Crippen LogP contribution in [0.2, 0.25) is 0 Å². The Balaban J connectivity index is 0.00000144. The van der Waals surface area contributed by atoms with Gasteiger partial charge in [0.2, 0.25) is 0 Å². The second kappa shape index (κ2) is 5.27. The monoisotopic (exact) mass is 301 g/mol. The van der Waals surface area contributed by atoms with Crippen LogP contribution in [0.1, 0.15) is 25.0 Å². The Morgan fingerprint density at radius 1 is 1.12 bits per heavy atom. The maximum Gasteiger partial charge on any atom is 0.157 e. The molecule has 0 spiro atoms. The summed E-state index contributed by atoms with van der Waals surface area (Å²) in [5, 5.41) is 18.9. The van der Waals surface area contributed by atoms with E-state index < -0.39 is 0 Å². The van der Waals surface area contributed by atoms with Crippen molar-refractivity contribution in [1.82, 2.24) is 4.90 Å². The van der Waals surface area contributed by atoms with E-state index in [2.05, 4.69) is 25.8 Å². The number of fused-ring (bicyclic) bond motifs is 1. The highest BCUT2D eigenvalue weighted by Crippen LogP contribution is 2.34. The molecule has 1 aliphatic carbocycles. The molecule has 17 heavy (non-hydrogen) atoms. The molecule has 1 aromatic rings. The van der Waals surface area contributed by atoms with Crippen molar-refractivity contribution in [2.45, 2.75) is 38.8 Å². The first kappa shape index (κ1) is 14.3. The van der Waals surface area contributed by atoms with E-state index in [-0.39, 0.29) is 28.5 Å². The van der Waals surface area contributed by atoms with Crippen LogP contribution in [-0.2, 0) is 12.8 Å². The van der Waals surface area contributed by atoms with Crippen molar-refractivity contribution in [2.75, 3.05) is 7.05 Å². The van der Waals surface area contributed by atoms with Gasteiger partial charge in [-0.25, -0.2) is 0 Å². The SMILES string of the molecule is Br.CC(C)N(C)C1Cc2cc(O)c(O)cc2C1. The third-order valence-electron chi connectivity index (χ3n) is 3.60. The molecule has 1 aromatic carbocycles. The van der Waals surface area contributed by atoms with E-state index in [9.17, 15) is 10.2 Å². The van der Waals surface area contributed by atoms with Gasteiger partial charge in [0, 0.05) is 12.1 Å². The Morgan fingerprint density at radius 2 is 1.53 bits per heavy atom. The number of halogens is 1. The lowest BCUT2D eigenvalue weighted by atomic mass is 10.1. The fraction of sp³-hybridized carbons (Fsp3) is 0.538. The molecule has 0 fully saturated rings. The quantitative estimate of drug-likeness (QED) is 0.825. The molecule has 0 saturated carbocycles. The zero-order valence-electron chi connectivity index (χ0n) is 10.5. The Kier molecular flexibility index (Phi) is 4.44. The summed E-state index contributed by atoms with van der Waals surface area (Å²) in [7, 11) is 2.13. The summed E-state index contributed by atoms with van der Waals surface area (Å²) in [6.07, 6.45) is 1.91. The van der Waals surface area contributed by atoms with E-state index in [1.165, 1.54) is 0 Å².